The lowest BCUT2D eigenvalue weighted by molar-refractivity contribution is 0.210. The van der Waals surface area contributed by atoms with Crippen LogP contribution < -0.4 is 0 Å². The largest absolute Gasteiger partial charge is 0.399 e. The maximum Gasteiger partial charge on any atom is 0.106 e. The molecule has 0 N–H and O–H groups in total. The molecule has 0 heterocycles. The fourth-order valence-electron chi connectivity index (χ4n) is 1.96. The predicted octanol–water partition coefficient (Wildman–Crippen LogP) is 2.98. The quantitative estimate of drug-likeness (QED) is 0.468. The third-order valence-corrected chi connectivity index (χ3v) is 2.54. The van der Waals surface area contributed by atoms with E-state index in [0.29, 0.717) is 0 Å². The fraction of sp³-hybridized carbons (Fsp3) is 0.900. The van der Waals surface area contributed by atoms with Crippen LogP contribution in [0.1, 0.15) is 45.4 Å². The van der Waals surface area contributed by atoms with Gasteiger partial charge in [0, 0.05) is 5.92 Å². The summed E-state index contributed by atoms with van der Waals surface area (Å²) in [5, 5.41) is 4.11. The molecule has 1 fully saturated rings. The van der Waals surface area contributed by atoms with E-state index in [9.17, 15) is 0 Å². The van der Waals surface area contributed by atoms with Gasteiger partial charge in [-0.05, 0) is 19.3 Å². The first-order valence-electron chi connectivity index (χ1n) is 4.98. The van der Waals surface area contributed by atoms with E-state index in [-0.39, 0.29) is 0 Å². The van der Waals surface area contributed by atoms with Crippen LogP contribution in [0.4, 0.5) is 0 Å². The molecule has 1 saturated carbocycles. The average Bonchev–Trinajstić information content (AvgIpc) is 2.56. The predicted molar refractivity (Wildman–Crippen MR) is 51.3 cm³/mol. The van der Waals surface area contributed by atoms with E-state index in [4.69, 9.17) is 4.84 Å². The normalized spacial score (nSPS) is 20.0. The van der Waals surface area contributed by atoms with Crippen LogP contribution in [-0.2, 0) is 4.84 Å². The van der Waals surface area contributed by atoms with Gasteiger partial charge in [0.05, 0.1) is 5.71 Å². The second kappa shape index (κ2) is 5.18. The SMILES string of the molecule is CCCC(=NOC)C1CCCC1. The van der Waals surface area contributed by atoms with Gasteiger partial charge in [0.2, 0.25) is 0 Å². The highest BCUT2D eigenvalue weighted by atomic mass is 16.6. The molecule has 0 amide bonds. The van der Waals surface area contributed by atoms with E-state index in [1.807, 2.05) is 0 Å². The van der Waals surface area contributed by atoms with Gasteiger partial charge in [-0.15, -0.1) is 0 Å². The van der Waals surface area contributed by atoms with Gasteiger partial charge in [-0.1, -0.05) is 31.3 Å². The Kier molecular flexibility index (Phi) is 4.12. The standard InChI is InChI=1S/C10H19NO/c1-3-6-10(11-12-2)9-7-4-5-8-9/h9H,3-8H2,1-2H3. The number of nitrogens with zero attached hydrogens (tertiary/aromatic N) is 1. The van der Waals surface area contributed by atoms with Crippen molar-refractivity contribution in [1.29, 1.82) is 0 Å². The van der Waals surface area contributed by atoms with E-state index >= 15 is 0 Å². The molecule has 12 heavy (non-hydrogen) atoms. The molecular weight excluding hydrogens is 150 g/mol. The van der Waals surface area contributed by atoms with E-state index < -0.39 is 0 Å². The smallest absolute Gasteiger partial charge is 0.106 e. The van der Waals surface area contributed by atoms with E-state index in [1.165, 1.54) is 37.8 Å². The van der Waals surface area contributed by atoms with Crippen LogP contribution >= 0.6 is 0 Å². The van der Waals surface area contributed by atoms with Crippen molar-refractivity contribution >= 4 is 5.71 Å². The zero-order valence-corrected chi connectivity index (χ0v) is 8.18. The molecule has 70 valence electrons. The van der Waals surface area contributed by atoms with Crippen LogP contribution in [0, 0.1) is 5.92 Å². The second-order valence-corrected chi connectivity index (χ2v) is 3.50. The Labute approximate surface area is 75.0 Å². The molecule has 0 aromatic heterocycles. The Hall–Kier alpha value is -0.530. The van der Waals surface area contributed by atoms with Gasteiger partial charge in [0.25, 0.3) is 0 Å². The highest BCUT2D eigenvalue weighted by Crippen LogP contribution is 2.27. The summed E-state index contributed by atoms with van der Waals surface area (Å²) in [6.07, 6.45) is 7.68. The summed E-state index contributed by atoms with van der Waals surface area (Å²) in [6, 6.07) is 0. The van der Waals surface area contributed by atoms with Gasteiger partial charge in [-0.3, -0.25) is 0 Å². The van der Waals surface area contributed by atoms with Gasteiger partial charge in [-0.2, -0.15) is 0 Å². The van der Waals surface area contributed by atoms with Gasteiger partial charge < -0.3 is 4.84 Å². The number of hydrogen-bond donors (Lipinski definition) is 0. The van der Waals surface area contributed by atoms with Crippen molar-refractivity contribution in [3.8, 4) is 0 Å². The number of oxime groups is 1. The van der Waals surface area contributed by atoms with Gasteiger partial charge in [0.15, 0.2) is 0 Å². The van der Waals surface area contributed by atoms with Gasteiger partial charge in [0.1, 0.15) is 7.11 Å². The molecule has 2 nitrogen and oxygen atoms in total. The lowest BCUT2D eigenvalue weighted by atomic mass is 9.98. The molecule has 1 aliphatic carbocycles. The summed E-state index contributed by atoms with van der Waals surface area (Å²) < 4.78 is 0. The number of hydrogen-bond acceptors (Lipinski definition) is 2. The van der Waals surface area contributed by atoms with Crippen molar-refractivity contribution in [3.05, 3.63) is 0 Å². The van der Waals surface area contributed by atoms with Crippen LogP contribution in [0.3, 0.4) is 0 Å². The zero-order valence-electron chi connectivity index (χ0n) is 8.18. The molecule has 0 aliphatic heterocycles. The monoisotopic (exact) mass is 169 g/mol. The van der Waals surface area contributed by atoms with Crippen molar-refractivity contribution in [2.45, 2.75) is 45.4 Å². The molecule has 2 heteroatoms. The summed E-state index contributed by atoms with van der Waals surface area (Å²) in [5.74, 6) is 0.727. The molecule has 0 spiro atoms. The van der Waals surface area contributed by atoms with Crippen molar-refractivity contribution in [1.82, 2.24) is 0 Å². The first kappa shape index (κ1) is 9.56. The summed E-state index contributed by atoms with van der Waals surface area (Å²) in [5.41, 5.74) is 1.29. The third kappa shape index (κ3) is 2.50. The second-order valence-electron chi connectivity index (χ2n) is 3.50. The summed E-state index contributed by atoms with van der Waals surface area (Å²) in [4.78, 5) is 4.86. The summed E-state index contributed by atoms with van der Waals surface area (Å²) in [7, 11) is 1.64. The molecule has 0 atom stereocenters. The highest BCUT2D eigenvalue weighted by Gasteiger charge is 2.20. The minimum atomic E-state index is 0.727. The third-order valence-electron chi connectivity index (χ3n) is 2.54. The topological polar surface area (TPSA) is 21.6 Å². The van der Waals surface area contributed by atoms with Crippen LogP contribution in [0.5, 0.6) is 0 Å². The van der Waals surface area contributed by atoms with Crippen molar-refractivity contribution in [3.63, 3.8) is 0 Å². The van der Waals surface area contributed by atoms with Crippen molar-refractivity contribution in [2.24, 2.45) is 11.1 Å². The van der Waals surface area contributed by atoms with Crippen molar-refractivity contribution in [2.75, 3.05) is 7.11 Å². The maximum atomic E-state index is 4.86. The summed E-state index contributed by atoms with van der Waals surface area (Å²) >= 11 is 0. The zero-order chi connectivity index (χ0) is 8.81. The Morgan fingerprint density at radius 2 is 2.08 bits per heavy atom. The molecule has 0 unspecified atom stereocenters. The maximum absolute atomic E-state index is 4.86. The lowest BCUT2D eigenvalue weighted by Gasteiger charge is -2.10. The Bertz CT molecular complexity index is 148. The van der Waals surface area contributed by atoms with Crippen LogP contribution in [0.25, 0.3) is 0 Å². The lowest BCUT2D eigenvalue weighted by Crippen LogP contribution is -2.10. The minimum Gasteiger partial charge on any atom is -0.399 e. The molecule has 1 rings (SSSR count). The minimum absolute atomic E-state index is 0.727. The Morgan fingerprint density at radius 3 is 2.58 bits per heavy atom. The van der Waals surface area contributed by atoms with Gasteiger partial charge in [-0.25, -0.2) is 0 Å². The first-order chi connectivity index (χ1) is 5.88. The average molecular weight is 169 g/mol. The number of rotatable bonds is 4. The van der Waals surface area contributed by atoms with Crippen molar-refractivity contribution < 1.29 is 4.84 Å². The van der Waals surface area contributed by atoms with E-state index in [2.05, 4.69) is 12.1 Å². The molecule has 0 aromatic carbocycles. The Morgan fingerprint density at radius 1 is 1.42 bits per heavy atom. The van der Waals surface area contributed by atoms with Crippen LogP contribution in [0.15, 0.2) is 5.16 Å². The Balaban J connectivity index is 2.45. The molecule has 0 aromatic rings. The van der Waals surface area contributed by atoms with Gasteiger partial charge >= 0.3 is 0 Å². The van der Waals surface area contributed by atoms with Crippen LogP contribution in [-0.4, -0.2) is 12.8 Å². The first-order valence-corrected chi connectivity index (χ1v) is 4.98. The molecular formula is C10H19NO. The molecule has 0 bridgehead atoms. The molecule has 1 aliphatic rings. The fourth-order valence-corrected chi connectivity index (χ4v) is 1.96. The van der Waals surface area contributed by atoms with E-state index in [1.54, 1.807) is 7.11 Å². The molecule has 0 radical (unpaired) electrons. The summed E-state index contributed by atoms with van der Waals surface area (Å²) in [6.45, 7) is 2.19. The van der Waals surface area contributed by atoms with E-state index in [0.717, 1.165) is 12.3 Å². The molecule has 0 saturated heterocycles. The van der Waals surface area contributed by atoms with Crippen LogP contribution in [0.2, 0.25) is 0 Å². The highest BCUT2D eigenvalue weighted by molar-refractivity contribution is 5.86.